The fourth-order valence-corrected chi connectivity index (χ4v) is 3.75. The third-order valence-corrected chi connectivity index (χ3v) is 5.97. The first kappa shape index (κ1) is 20.7. The minimum atomic E-state index is -0.264. The number of amides is 1. The Bertz CT molecular complexity index is 1390. The van der Waals surface area contributed by atoms with Crippen molar-refractivity contribution in [1.29, 1.82) is 0 Å². The summed E-state index contributed by atoms with van der Waals surface area (Å²) in [6.07, 6.45) is 6.29. The van der Waals surface area contributed by atoms with Crippen LogP contribution in [0.4, 0.5) is 17.3 Å². The number of nitrogens with one attached hydrogen (secondary N) is 3. The van der Waals surface area contributed by atoms with Gasteiger partial charge in [-0.1, -0.05) is 0 Å². The first-order valence-electron chi connectivity index (χ1n) is 10.8. The smallest absolute Gasteiger partial charge is 0.280 e. The average Bonchev–Trinajstić information content (AvgIpc) is 3.34. The van der Waals surface area contributed by atoms with E-state index in [-0.39, 0.29) is 17.5 Å². The van der Waals surface area contributed by atoms with E-state index in [2.05, 4.69) is 31.1 Å². The Labute approximate surface area is 189 Å². The van der Waals surface area contributed by atoms with E-state index in [9.17, 15) is 9.59 Å². The van der Waals surface area contributed by atoms with E-state index in [4.69, 9.17) is 0 Å². The summed E-state index contributed by atoms with van der Waals surface area (Å²) in [6.45, 7) is 1.92. The van der Waals surface area contributed by atoms with Gasteiger partial charge in [-0.15, -0.1) is 0 Å². The summed E-state index contributed by atoms with van der Waals surface area (Å²) in [5.74, 6) is 1.38. The highest BCUT2D eigenvalue weighted by Gasteiger charge is 2.23. The van der Waals surface area contributed by atoms with Crippen LogP contribution in [-0.2, 0) is 7.05 Å². The van der Waals surface area contributed by atoms with Crippen LogP contribution in [0, 0.1) is 6.92 Å². The maximum Gasteiger partial charge on any atom is 0.280 e. The van der Waals surface area contributed by atoms with Gasteiger partial charge >= 0.3 is 0 Å². The molecule has 0 atom stereocenters. The van der Waals surface area contributed by atoms with Crippen molar-refractivity contribution in [3.8, 4) is 5.82 Å². The molecule has 5 rings (SSSR count). The highest BCUT2D eigenvalue weighted by molar-refractivity contribution is 6.00. The summed E-state index contributed by atoms with van der Waals surface area (Å²) in [4.78, 5) is 30.5. The van der Waals surface area contributed by atoms with E-state index in [1.165, 1.54) is 10.8 Å². The molecule has 0 aromatic carbocycles. The van der Waals surface area contributed by atoms with E-state index < -0.39 is 0 Å². The van der Waals surface area contributed by atoms with Gasteiger partial charge in [0.25, 0.3) is 11.5 Å². The van der Waals surface area contributed by atoms with E-state index in [0.717, 1.165) is 25.0 Å². The van der Waals surface area contributed by atoms with Crippen molar-refractivity contribution in [3.05, 3.63) is 58.3 Å². The fraction of sp³-hybridized carbons (Fsp3) is 0.318. The Morgan fingerprint density at radius 2 is 2.06 bits per heavy atom. The van der Waals surface area contributed by atoms with Crippen molar-refractivity contribution in [2.45, 2.75) is 32.2 Å². The third-order valence-electron chi connectivity index (χ3n) is 5.97. The minimum absolute atomic E-state index is 0.200. The monoisotopic (exact) mass is 447 g/mol. The summed E-state index contributed by atoms with van der Waals surface area (Å²) in [5, 5.41) is 17.9. The molecule has 0 radical (unpaired) electrons. The lowest BCUT2D eigenvalue weighted by atomic mass is 9.93. The lowest BCUT2D eigenvalue weighted by Gasteiger charge is -2.26. The molecule has 0 aliphatic heterocycles. The molecule has 0 spiro atoms. The van der Waals surface area contributed by atoms with Gasteiger partial charge in [0.1, 0.15) is 22.9 Å². The van der Waals surface area contributed by atoms with Crippen LogP contribution >= 0.6 is 0 Å². The van der Waals surface area contributed by atoms with Gasteiger partial charge in [-0.05, 0) is 38.3 Å². The number of carbonyl (C=O) groups excluding carboxylic acids is 1. The van der Waals surface area contributed by atoms with Crippen molar-refractivity contribution in [2.24, 2.45) is 7.05 Å². The van der Waals surface area contributed by atoms with Crippen molar-refractivity contribution in [1.82, 2.24) is 34.3 Å². The van der Waals surface area contributed by atoms with Crippen molar-refractivity contribution >= 4 is 28.9 Å². The summed E-state index contributed by atoms with van der Waals surface area (Å²) >= 11 is 0. The van der Waals surface area contributed by atoms with Crippen molar-refractivity contribution < 1.29 is 4.79 Å². The molecular formula is C22H25N9O2. The zero-order valence-corrected chi connectivity index (χ0v) is 18.7. The summed E-state index contributed by atoms with van der Waals surface area (Å²) < 4.78 is 4.76. The fourth-order valence-electron chi connectivity index (χ4n) is 3.75. The maximum atomic E-state index is 13.1. The summed E-state index contributed by atoms with van der Waals surface area (Å²) in [5.41, 5.74) is 1.79. The molecule has 3 N–H and O–H groups in total. The first-order valence-corrected chi connectivity index (χ1v) is 10.8. The number of pyridine rings is 1. The van der Waals surface area contributed by atoms with Crippen LogP contribution in [0.3, 0.4) is 0 Å². The molecule has 1 aliphatic rings. The standard InChI is InChI=1S/C22H25N9O2/c1-13-10-19(28-29(13)3)30-9-5-8-16(22(30)33)26-17-11-18(23-2)31-20(27-17)15(12-24-31)21(32)25-14-6-4-7-14/h5,8-12,14,23H,4,6-7H2,1-3H3,(H,25,32)(H,26,27). The second kappa shape index (κ2) is 8.08. The van der Waals surface area contributed by atoms with Crippen LogP contribution in [-0.4, -0.2) is 47.9 Å². The zero-order chi connectivity index (χ0) is 23.1. The van der Waals surface area contributed by atoms with Gasteiger partial charge in [-0.2, -0.15) is 14.7 Å². The quantitative estimate of drug-likeness (QED) is 0.413. The number of nitrogens with zero attached hydrogens (tertiary/aromatic N) is 6. The normalized spacial score (nSPS) is 13.7. The van der Waals surface area contributed by atoms with E-state index in [0.29, 0.717) is 34.4 Å². The van der Waals surface area contributed by atoms with Gasteiger partial charge in [0.05, 0.1) is 6.20 Å². The van der Waals surface area contributed by atoms with Crippen molar-refractivity contribution in [2.75, 3.05) is 17.7 Å². The molecule has 33 heavy (non-hydrogen) atoms. The molecule has 1 fully saturated rings. The molecule has 1 amide bonds. The second-order valence-corrected chi connectivity index (χ2v) is 8.16. The number of hydrogen-bond acceptors (Lipinski definition) is 7. The predicted octanol–water partition coefficient (Wildman–Crippen LogP) is 1.99. The van der Waals surface area contributed by atoms with Crippen LogP contribution in [0.2, 0.25) is 0 Å². The maximum absolute atomic E-state index is 13.1. The Kier molecular flexibility index (Phi) is 5.08. The van der Waals surface area contributed by atoms with Gasteiger partial charge < -0.3 is 16.0 Å². The molecule has 4 aromatic rings. The highest BCUT2D eigenvalue weighted by Crippen LogP contribution is 2.23. The van der Waals surface area contributed by atoms with Crippen LogP contribution in [0.25, 0.3) is 11.5 Å². The van der Waals surface area contributed by atoms with Crippen LogP contribution in [0.1, 0.15) is 35.3 Å². The Morgan fingerprint density at radius 3 is 2.73 bits per heavy atom. The van der Waals surface area contributed by atoms with Crippen molar-refractivity contribution in [3.63, 3.8) is 0 Å². The average molecular weight is 448 g/mol. The minimum Gasteiger partial charge on any atom is -0.373 e. The van der Waals surface area contributed by atoms with Gasteiger partial charge in [-0.25, -0.2) is 4.98 Å². The Morgan fingerprint density at radius 1 is 1.24 bits per heavy atom. The predicted molar refractivity (Wildman–Crippen MR) is 124 cm³/mol. The van der Waals surface area contributed by atoms with Crippen LogP contribution < -0.4 is 21.5 Å². The molecule has 4 aromatic heterocycles. The van der Waals surface area contributed by atoms with E-state index in [1.807, 2.05) is 20.0 Å². The van der Waals surface area contributed by atoms with E-state index >= 15 is 0 Å². The van der Waals surface area contributed by atoms with Gasteiger partial charge in [0.2, 0.25) is 0 Å². The molecule has 0 bridgehead atoms. The molecule has 1 saturated carbocycles. The number of aryl methyl sites for hydroxylation is 2. The molecule has 0 unspecified atom stereocenters. The Hall–Kier alpha value is -4.15. The summed E-state index contributed by atoms with van der Waals surface area (Å²) in [6, 6.07) is 7.22. The SMILES string of the molecule is CNc1cc(Nc2cccn(-c3cc(C)n(C)n3)c2=O)nc2c(C(=O)NC3CCC3)cnn12. The largest absolute Gasteiger partial charge is 0.373 e. The molecule has 11 heteroatoms. The molecule has 11 nitrogen and oxygen atoms in total. The lowest BCUT2D eigenvalue weighted by molar-refractivity contribution is 0.0918. The number of aromatic nitrogens is 6. The lowest BCUT2D eigenvalue weighted by Crippen LogP contribution is -2.39. The Balaban J connectivity index is 1.51. The highest BCUT2D eigenvalue weighted by atomic mass is 16.2. The number of hydrogen-bond donors (Lipinski definition) is 3. The number of carbonyl (C=O) groups is 1. The number of anilines is 3. The van der Waals surface area contributed by atoms with Crippen LogP contribution in [0.15, 0.2) is 41.5 Å². The molecular weight excluding hydrogens is 422 g/mol. The zero-order valence-electron chi connectivity index (χ0n) is 18.7. The topological polar surface area (TPSA) is 123 Å². The van der Waals surface area contributed by atoms with Gasteiger partial charge in [0, 0.05) is 44.2 Å². The van der Waals surface area contributed by atoms with Crippen LogP contribution in [0.5, 0.6) is 0 Å². The number of fused-ring (bicyclic) bond motifs is 1. The first-order chi connectivity index (χ1) is 15.9. The van der Waals surface area contributed by atoms with Gasteiger partial charge in [0.15, 0.2) is 11.5 Å². The number of rotatable bonds is 6. The molecule has 0 saturated heterocycles. The second-order valence-electron chi connectivity index (χ2n) is 8.16. The summed E-state index contributed by atoms with van der Waals surface area (Å²) in [7, 11) is 3.59. The third kappa shape index (κ3) is 3.71. The molecule has 4 heterocycles. The molecule has 170 valence electrons. The van der Waals surface area contributed by atoms with Gasteiger partial charge in [-0.3, -0.25) is 18.8 Å². The van der Waals surface area contributed by atoms with E-state index in [1.54, 1.807) is 40.6 Å². The molecule has 1 aliphatic carbocycles.